The summed E-state index contributed by atoms with van der Waals surface area (Å²) >= 11 is 0. The number of sulfone groups is 1. The van der Waals surface area contributed by atoms with Crippen LogP contribution in [0.5, 0.6) is 5.88 Å². The summed E-state index contributed by atoms with van der Waals surface area (Å²) in [4.78, 5) is 20.7. The van der Waals surface area contributed by atoms with Crippen LogP contribution < -0.4 is 5.56 Å². The van der Waals surface area contributed by atoms with E-state index in [0.29, 0.717) is 18.2 Å². The Balaban J connectivity index is 1.64. The molecule has 1 aliphatic rings. The van der Waals surface area contributed by atoms with Gasteiger partial charge in [-0.2, -0.15) is 4.98 Å². The van der Waals surface area contributed by atoms with Crippen LogP contribution >= 0.6 is 0 Å². The van der Waals surface area contributed by atoms with Crippen LogP contribution in [-0.2, 0) is 21.0 Å². The normalized spacial score (nSPS) is 14.4. The highest BCUT2D eigenvalue weighted by molar-refractivity contribution is 7.91. The van der Waals surface area contributed by atoms with E-state index in [1.807, 2.05) is 43.3 Å². The van der Waals surface area contributed by atoms with Crippen molar-refractivity contribution in [3.05, 3.63) is 100 Å². The van der Waals surface area contributed by atoms with Gasteiger partial charge in [-0.05, 0) is 66.1 Å². The third-order valence-corrected chi connectivity index (χ3v) is 8.67. The maximum atomic E-state index is 13.8. The molecule has 0 spiro atoms. The maximum absolute atomic E-state index is 13.8. The highest BCUT2D eigenvalue weighted by Crippen LogP contribution is 2.36. The van der Waals surface area contributed by atoms with Crippen molar-refractivity contribution in [3.63, 3.8) is 0 Å². The third kappa shape index (κ3) is 4.99. The summed E-state index contributed by atoms with van der Waals surface area (Å²) in [7, 11) is -2.86. The molecule has 0 aliphatic heterocycles. The van der Waals surface area contributed by atoms with Gasteiger partial charge in [0.15, 0.2) is 4.90 Å². The molecule has 2 aromatic carbocycles. The molecule has 1 aliphatic carbocycles. The molecule has 0 saturated heterocycles. The molecule has 1 saturated carbocycles. The molecule has 1 fully saturated rings. The number of rotatable bonds is 9. The number of aromatic nitrogens is 3. The first kappa shape index (κ1) is 25.8. The molecule has 2 aromatic heterocycles. The van der Waals surface area contributed by atoms with E-state index in [0.717, 1.165) is 35.1 Å². The summed E-state index contributed by atoms with van der Waals surface area (Å²) in [6.07, 6.45) is 5.88. The molecule has 5 rings (SSSR count). The van der Waals surface area contributed by atoms with Gasteiger partial charge < -0.3 is 9.84 Å². The summed E-state index contributed by atoms with van der Waals surface area (Å²) in [5.74, 6) is 0.0714. The Bertz CT molecular complexity index is 1610. The zero-order valence-electron chi connectivity index (χ0n) is 21.2. The van der Waals surface area contributed by atoms with E-state index in [1.54, 1.807) is 24.5 Å². The van der Waals surface area contributed by atoms with Crippen molar-refractivity contribution < 1.29 is 18.3 Å². The van der Waals surface area contributed by atoms with E-state index in [-0.39, 0.29) is 11.5 Å². The molecule has 9 heteroatoms. The van der Waals surface area contributed by atoms with Crippen LogP contribution in [0, 0.1) is 12.8 Å². The standard InChI is InChI=1S/C29H29N3O5S/c1-19-17-30-15-14-24(19)21-10-12-23(13-11-21)38(35,36)27-28(33)31-26(16-20-8-9-20)32(29(27)34)25(18-37-2)22-6-4-3-5-7-22/h3-7,10-15,17,20,25,34H,8-9,16,18H2,1-2H3. The monoisotopic (exact) mass is 531 g/mol. The van der Waals surface area contributed by atoms with Gasteiger partial charge in [-0.25, -0.2) is 8.42 Å². The number of ether oxygens (including phenoxy) is 1. The summed E-state index contributed by atoms with van der Waals surface area (Å²) in [5.41, 5.74) is 2.52. The fourth-order valence-electron chi connectivity index (χ4n) is 4.72. The number of aromatic hydroxyl groups is 1. The lowest BCUT2D eigenvalue weighted by atomic mass is 10.0. The number of methoxy groups -OCH3 is 1. The SMILES string of the molecule is COCC(c1ccccc1)n1c(CC2CC2)nc(=O)c(S(=O)(=O)c2ccc(-c3ccncc3C)cc2)c1O. The van der Waals surface area contributed by atoms with Gasteiger partial charge in [-0.1, -0.05) is 42.5 Å². The molecule has 4 aromatic rings. The molecular formula is C29H29N3O5S. The molecule has 1 atom stereocenters. The van der Waals surface area contributed by atoms with Gasteiger partial charge in [-0.3, -0.25) is 14.3 Å². The van der Waals surface area contributed by atoms with Crippen molar-refractivity contribution in [2.45, 2.75) is 42.0 Å². The van der Waals surface area contributed by atoms with Gasteiger partial charge in [0.25, 0.3) is 5.56 Å². The van der Waals surface area contributed by atoms with Gasteiger partial charge in [0.2, 0.25) is 15.7 Å². The molecule has 0 bridgehead atoms. The van der Waals surface area contributed by atoms with Gasteiger partial charge >= 0.3 is 0 Å². The predicted molar refractivity (Wildman–Crippen MR) is 143 cm³/mol. The molecule has 1 N–H and O–H groups in total. The van der Waals surface area contributed by atoms with Crippen molar-refractivity contribution in [1.29, 1.82) is 0 Å². The second-order valence-corrected chi connectivity index (χ2v) is 11.5. The molecular weight excluding hydrogens is 502 g/mol. The minimum absolute atomic E-state index is 0.105. The zero-order valence-corrected chi connectivity index (χ0v) is 22.1. The number of hydrogen-bond acceptors (Lipinski definition) is 7. The van der Waals surface area contributed by atoms with Crippen molar-refractivity contribution >= 4 is 9.84 Å². The van der Waals surface area contributed by atoms with Gasteiger partial charge in [0.1, 0.15) is 5.82 Å². The number of pyridine rings is 1. The number of benzene rings is 2. The molecule has 38 heavy (non-hydrogen) atoms. The molecule has 8 nitrogen and oxygen atoms in total. The van der Waals surface area contributed by atoms with E-state index >= 15 is 0 Å². The third-order valence-electron chi connectivity index (χ3n) is 6.89. The van der Waals surface area contributed by atoms with Gasteiger partial charge in [0.05, 0.1) is 17.5 Å². The van der Waals surface area contributed by atoms with Crippen LogP contribution in [-0.4, -0.2) is 41.8 Å². The van der Waals surface area contributed by atoms with Gasteiger partial charge in [-0.15, -0.1) is 0 Å². The Kier molecular flexibility index (Phi) is 7.14. The lowest BCUT2D eigenvalue weighted by molar-refractivity contribution is 0.161. The van der Waals surface area contributed by atoms with E-state index in [4.69, 9.17) is 4.74 Å². The molecule has 0 amide bonds. The average molecular weight is 532 g/mol. The fraction of sp³-hybridized carbons (Fsp3) is 0.276. The first-order valence-electron chi connectivity index (χ1n) is 12.5. The minimum Gasteiger partial charge on any atom is -0.493 e. The quantitative estimate of drug-likeness (QED) is 0.342. The summed E-state index contributed by atoms with van der Waals surface area (Å²) < 4.78 is 34.4. The predicted octanol–water partition coefficient (Wildman–Crippen LogP) is 4.34. The number of aryl methyl sites for hydroxylation is 1. The van der Waals surface area contributed by atoms with Crippen LogP contribution in [0.15, 0.2) is 87.6 Å². The highest BCUT2D eigenvalue weighted by atomic mass is 32.2. The number of hydrogen-bond donors (Lipinski definition) is 1. The molecule has 196 valence electrons. The van der Waals surface area contributed by atoms with E-state index in [9.17, 15) is 18.3 Å². The van der Waals surface area contributed by atoms with Crippen molar-refractivity contribution in [2.75, 3.05) is 13.7 Å². The van der Waals surface area contributed by atoms with E-state index in [2.05, 4.69) is 9.97 Å². The maximum Gasteiger partial charge on any atom is 0.296 e. The Labute approximate surface area is 221 Å². The van der Waals surface area contributed by atoms with Crippen molar-refractivity contribution in [3.8, 4) is 17.0 Å². The molecule has 1 unspecified atom stereocenters. The molecule has 2 heterocycles. The second-order valence-electron chi connectivity index (χ2n) is 9.60. The first-order chi connectivity index (χ1) is 18.3. The lowest BCUT2D eigenvalue weighted by Gasteiger charge is -2.25. The van der Waals surface area contributed by atoms with Crippen molar-refractivity contribution in [1.82, 2.24) is 14.5 Å². The minimum atomic E-state index is -4.39. The van der Waals surface area contributed by atoms with Gasteiger partial charge in [0, 0.05) is 25.9 Å². The van der Waals surface area contributed by atoms with E-state index in [1.165, 1.54) is 23.8 Å². The van der Waals surface area contributed by atoms with Crippen LogP contribution in [0.25, 0.3) is 11.1 Å². The number of nitrogens with zero attached hydrogens (tertiary/aromatic N) is 3. The Morgan fingerprint density at radius 2 is 1.79 bits per heavy atom. The van der Waals surface area contributed by atoms with Crippen LogP contribution in [0.1, 0.15) is 35.8 Å². The topological polar surface area (TPSA) is 111 Å². The van der Waals surface area contributed by atoms with Crippen LogP contribution in [0.4, 0.5) is 0 Å². The first-order valence-corrected chi connectivity index (χ1v) is 13.9. The van der Waals surface area contributed by atoms with Crippen LogP contribution in [0.3, 0.4) is 0 Å². The van der Waals surface area contributed by atoms with Crippen LogP contribution in [0.2, 0.25) is 0 Å². The Hall–Kier alpha value is -3.82. The lowest BCUT2D eigenvalue weighted by Crippen LogP contribution is -2.29. The zero-order chi connectivity index (χ0) is 26.9. The fourth-order valence-corrected chi connectivity index (χ4v) is 6.06. The Morgan fingerprint density at radius 3 is 2.42 bits per heavy atom. The van der Waals surface area contributed by atoms with E-state index < -0.39 is 32.2 Å². The largest absolute Gasteiger partial charge is 0.493 e. The molecule has 0 radical (unpaired) electrons. The smallest absolute Gasteiger partial charge is 0.296 e. The van der Waals surface area contributed by atoms with Crippen molar-refractivity contribution in [2.24, 2.45) is 5.92 Å². The highest BCUT2D eigenvalue weighted by Gasteiger charge is 2.34. The average Bonchev–Trinajstić information content (AvgIpc) is 3.73. The second kappa shape index (κ2) is 10.5. The summed E-state index contributed by atoms with van der Waals surface area (Å²) in [6, 6.07) is 16.8. The summed E-state index contributed by atoms with van der Waals surface area (Å²) in [5, 5.41) is 11.5. The summed E-state index contributed by atoms with van der Waals surface area (Å²) in [6.45, 7) is 2.07. The Morgan fingerprint density at radius 1 is 1.08 bits per heavy atom.